The second-order valence-electron chi connectivity index (χ2n) is 8.30. The molecule has 0 bridgehead atoms. The van der Waals surface area contributed by atoms with E-state index in [1.54, 1.807) is 23.1 Å². The molecule has 4 rings (SSSR count). The van der Waals surface area contributed by atoms with Gasteiger partial charge in [-0.3, -0.25) is 15.0 Å². The normalized spacial score (nSPS) is 17.5. The first-order chi connectivity index (χ1) is 16.0. The highest BCUT2D eigenvalue weighted by Crippen LogP contribution is 2.29. The monoisotopic (exact) mass is 517 g/mol. The predicted molar refractivity (Wildman–Crippen MR) is 130 cm³/mol. The molecule has 0 aliphatic carbocycles. The molecule has 2 aromatic carbocycles. The molecule has 2 aliphatic rings. The fraction of sp³-hybridized carbons (Fsp3) is 0.435. The summed E-state index contributed by atoms with van der Waals surface area (Å²) in [5, 5.41) is 17.2. The standard InChI is InChI=1S/C23H28BrN5O4/c24-19-15-17(5-6-22(19)33-18-7-9-25-10-8-18)16-27-11-13-28(14-12-27)23(30)26-20-3-1-2-4-21(20)29(31)32/h1-6,15,18,25H,7-14,16H2,(H,26,30). The fourth-order valence-corrected chi connectivity index (χ4v) is 4.65. The minimum Gasteiger partial charge on any atom is -0.489 e. The van der Waals surface area contributed by atoms with E-state index in [0.717, 1.165) is 55.8 Å². The quantitative estimate of drug-likeness (QED) is 0.446. The molecule has 2 amide bonds. The van der Waals surface area contributed by atoms with Gasteiger partial charge < -0.3 is 20.3 Å². The second-order valence-corrected chi connectivity index (χ2v) is 9.15. The number of carbonyl (C=O) groups excluding carboxylic acids is 1. The smallest absolute Gasteiger partial charge is 0.322 e. The average molecular weight is 518 g/mol. The van der Waals surface area contributed by atoms with E-state index in [4.69, 9.17) is 4.74 Å². The van der Waals surface area contributed by atoms with E-state index in [1.165, 1.54) is 11.6 Å². The number of nitro groups is 1. The van der Waals surface area contributed by atoms with Gasteiger partial charge in [-0.2, -0.15) is 0 Å². The summed E-state index contributed by atoms with van der Waals surface area (Å²) in [6, 6.07) is 12.1. The molecule has 33 heavy (non-hydrogen) atoms. The van der Waals surface area contributed by atoms with Crippen LogP contribution in [0.4, 0.5) is 16.2 Å². The zero-order valence-corrected chi connectivity index (χ0v) is 19.9. The van der Waals surface area contributed by atoms with Gasteiger partial charge in [0.2, 0.25) is 0 Å². The van der Waals surface area contributed by atoms with E-state index in [1.807, 2.05) is 6.07 Å². The van der Waals surface area contributed by atoms with Crippen LogP contribution in [0.2, 0.25) is 0 Å². The third kappa shape index (κ3) is 6.21. The van der Waals surface area contributed by atoms with Crippen molar-refractivity contribution in [3.05, 3.63) is 62.6 Å². The second kappa shape index (κ2) is 11.0. The van der Waals surface area contributed by atoms with Gasteiger partial charge in [-0.05, 0) is 65.6 Å². The van der Waals surface area contributed by atoms with E-state index in [-0.39, 0.29) is 23.5 Å². The Bertz CT molecular complexity index is 991. The molecule has 176 valence electrons. The molecule has 0 saturated carbocycles. The number of piperazine rings is 1. The topological polar surface area (TPSA) is 100.0 Å². The summed E-state index contributed by atoms with van der Waals surface area (Å²) in [5.41, 5.74) is 1.28. The minimum absolute atomic E-state index is 0.109. The van der Waals surface area contributed by atoms with Gasteiger partial charge in [0.25, 0.3) is 5.69 Å². The Balaban J connectivity index is 1.27. The first kappa shape index (κ1) is 23.5. The molecule has 2 saturated heterocycles. The number of para-hydroxylation sites is 2. The Morgan fingerprint density at radius 3 is 2.58 bits per heavy atom. The lowest BCUT2D eigenvalue weighted by Crippen LogP contribution is -2.49. The van der Waals surface area contributed by atoms with Crippen LogP contribution in [0.5, 0.6) is 5.75 Å². The summed E-state index contributed by atoms with van der Waals surface area (Å²) in [4.78, 5) is 27.3. The first-order valence-corrected chi connectivity index (χ1v) is 12.0. The highest BCUT2D eigenvalue weighted by molar-refractivity contribution is 9.10. The van der Waals surface area contributed by atoms with Crippen LogP contribution in [-0.4, -0.2) is 66.1 Å². The van der Waals surface area contributed by atoms with Crippen molar-refractivity contribution >= 4 is 33.3 Å². The zero-order valence-electron chi connectivity index (χ0n) is 18.3. The molecule has 2 heterocycles. The van der Waals surface area contributed by atoms with Gasteiger partial charge in [0, 0.05) is 38.8 Å². The van der Waals surface area contributed by atoms with Crippen LogP contribution in [-0.2, 0) is 6.54 Å². The van der Waals surface area contributed by atoms with Crippen molar-refractivity contribution in [2.75, 3.05) is 44.6 Å². The molecule has 0 aromatic heterocycles. The van der Waals surface area contributed by atoms with Gasteiger partial charge in [-0.15, -0.1) is 0 Å². The number of hydrogen-bond donors (Lipinski definition) is 2. The molecule has 2 aromatic rings. The third-order valence-electron chi connectivity index (χ3n) is 5.98. The summed E-state index contributed by atoms with van der Waals surface area (Å²) < 4.78 is 7.11. The summed E-state index contributed by atoms with van der Waals surface area (Å²) in [6.45, 7) is 5.35. The van der Waals surface area contributed by atoms with E-state index in [2.05, 4.69) is 43.6 Å². The van der Waals surface area contributed by atoms with Crippen LogP contribution in [0.25, 0.3) is 0 Å². The van der Waals surface area contributed by atoms with Crippen molar-refractivity contribution in [1.82, 2.24) is 15.1 Å². The van der Waals surface area contributed by atoms with E-state index >= 15 is 0 Å². The molecule has 9 nitrogen and oxygen atoms in total. The van der Waals surface area contributed by atoms with Crippen LogP contribution in [0.1, 0.15) is 18.4 Å². The maximum atomic E-state index is 12.6. The van der Waals surface area contributed by atoms with E-state index in [9.17, 15) is 14.9 Å². The summed E-state index contributed by atoms with van der Waals surface area (Å²) in [5.74, 6) is 0.877. The minimum atomic E-state index is -0.492. The first-order valence-electron chi connectivity index (χ1n) is 11.2. The van der Waals surface area contributed by atoms with Crippen LogP contribution < -0.4 is 15.4 Å². The summed E-state index contributed by atoms with van der Waals surface area (Å²) in [7, 11) is 0. The molecular weight excluding hydrogens is 490 g/mol. The van der Waals surface area contributed by atoms with Gasteiger partial charge >= 0.3 is 6.03 Å². The number of nitrogens with one attached hydrogen (secondary N) is 2. The molecule has 0 radical (unpaired) electrons. The highest BCUT2D eigenvalue weighted by Gasteiger charge is 2.24. The van der Waals surface area contributed by atoms with Crippen molar-refractivity contribution in [1.29, 1.82) is 0 Å². The fourth-order valence-electron chi connectivity index (χ4n) is 4.13. The number of nitrogens with zero attached hydrogens (tertiary/aromatic N) is 3. The molecule has 0 atom stereocenters. The Kier molecular flexibility index (Phi) is 7.79. The molecule has 0 spiro atoms. The summed E-state index contributed by atoms with van der Waals surface area (Å²) >= 11 is 3.65. The largest absolute Gasteiger partial charge is 0.489 e. The van der Waals surface area contributed by atoms with E-state index in [0.29, 0.717) is 13.1 Å². The molecule has 0 unspecified atom stereocenters. The Hall–Kier alpha value is -2.69. The van der Waals surface area contributed by atoms with Gasteiger partial charge in [-0.25, -0.2) is 4.79 Å². The lowest BCUT2D eigenvalue weighted by molar-refractivity contribution is -0.383. The van der Waals surface area contributed by atoms with Crippen LogP contribution in [0.15, 0.2) is 46.9 Å². The number of ether oxygens (including phenoxy) is 1. The summed E-state index contributed by atoms with van der Waals surface area (Å²) in [6.07, 6.45) is 2.29. The number of rotatable bonds is 6. The van der Waals surface area contributed by atoms with Gasteiger partial charge in [-0.1, -0.05) is 18.2 Å². The SMILES string of the molecule is O=C(Nc1ccccc1[N+](=O)[O-])N1CCN(Cc2ccc(OC3CCNCC3)c(Br)c2)CC1. The van der Waals surface area contributed by atoms with Crippen molar-refractivity contribution in [3.8, 4) is 5.75 Å². The number of anilines is 1. The third-order valence-corrected chi connectivity index (χ3v) is 6.60. The average Bonchev–Trinajstić information content (AvgIpc) is 2.82. The Morgan fingerprint density at radius 2 is 1.88 bits per heavy atom. The number of urea groups is 1. The Labute approximate surface area is 201 Å². The van der Waals surface area contributed by atoms with Gasteiger partial charge in [0.05, 0.1) is 9.40 Å². The molecule has 2 fully saturated rings. The van der Waals surface area contributed by atoms with Crippen LogP contribution in [0, 0.1) is 10.1 Å². The predicted octanol–water partition coefficient (Wildman–Crippen LogP) is 3.84. The number of benzene rings is 2. The number of hydrogen-bond acceptors (Lipinski definition) is 6. The highest BCUT2D eigenvalue weighted by atomic mass is 79.9. The van der Waals surface area contributed by atoms with Crippen molar-refractivity contribution in [2.24, 2.45) is 0 Å². The van der Waals surface area contributed by atoms with Crippen molar-refractivity contribution in [2.45, 2.75) is 25.5 Å². The molecular formula is C23H28BrN5O4. The maximum Gasteiger partial charge on any atom is 0.322 e. The molecule has 2 aliphatic heterocycles. The van der Waals surface area contributed by atoms with Crippen LogP contribution in [0.3, 0.4) is 0 Å². The number of piperidine rings is 1. The lowest BCUT2D eigenvalue weighted by atomic mass is 10.1. The number of amides is 2. The zero-order chi connectivity index (χ0) is 23.2. The number of nitro benzene ring substituents is 1. The lowest BCUT2D eigenvalue weighted by Gasteiger charge is -2.34. The van der Waals surface area contributed by atoms with Gasteiger partial charge in [0.1, 0.15) is 17.5 Å². The van der Waals surface area contributed by atoms with Crippen LogP contribution >= 0.6 is 15.9 Å². The number of carbonyl (C=O) groups is 1. The molecule has 10 heteroatoms. The van der Waals surface area contributed by atoms with Gasteiger partial charge in [0.15, 0.2) is 0 Å². The Morgan fingerprint density at radius 1 is 1.15 bits per heavy atom. The number of halogens is 1. The van der Waals surface area contributed by atoms with E-state index < -0.39 is 4.92 Å². The molecule has 2 N–H and O–H groups in total. The van der Waals surface area contributed by atoms with Crippen molar-refractivity contribution < 1.29 is 14.5 Å². The van der Waals surface area contributed by atoms with Crippen molar-refractivity contribution in [3.63, 3.8) is 0 Å². The maximum absolute atomic E-state index is 12.6.